The summed E-state index contributed by atoms with van der Waals surface area (Å²) >= 11 is 3.31. The van der Waals surface area contributed by atoms with E-state index >= 15 is 0 Å². The smallest absolute Gasteiger partial charge is 0.264 e. The van der Waals surface area contributed by atoms with Gasteiger partial charge in [-0.25, -0.2) is 8.42 Å². The minimum absolute atomic E-state index is 0.290. The fourth-order valence-corrected chi connectivity index (χ4v) is 4.29. The van der Waals surface area contributed by atoms with Crippen molar-refractivity contribution >= 4 is 37.3 Å². The molecule has 2 N–H and O–H groups in total. The number of hydrogen-bond donors (Lipinski definition) is 1. The Hall–Kier alpha value is -1.53. The zero-order chi connectivity index (χ0) is 15.2. The van der Waals surface area contributed by atoms with Crippen molar-refractivity contribution in [3.63, 3.8) is 0 Å². The molecule has 2 aromatic carbocycles. The Morgan fingerprint density at radius 1 is 1.19 bits per heavy atom. The van der Waals surface area contributed by atoms with Crippen LogP contribution in [-0.2, 0) is 16.4 Å². The molecule has 0 saturated heterocycles. The second-order valence-corrected chi connectivity index (χ2v) is 7.90. The Morgan fingerprint density at radius 3 is 2.52 bits per heavy atom. The van der Waals surface area contributed by atoms with Crippen LogP contribution in [0.25, 0.3) is 0 Å². The van der Waals surface area contributed by atoms with Crippen LogP contribution in [0.1, 0.15) is 11.1 Å². The molecule has 0 fully saturated rings. The van der Waals surface area contributed by atoms with E-state index in [1.54, 1.807) is 30.3 Å². The van der Waals surface area contributed by atoms with Crippen molar-refractivity contribution in [3.05, 3.63) is 52.0 Å². The first kappa shape index (κ1) is 14.4. The maximum Gasteiger partial charge on any atom is 0.264 e. The molecule has 1 aliphatic rings. The standard InChI is InChI=1S/C15H15BrN2O2S/c1-10-8-11-6-7-18(15(11)9-14(10)17)21(19,20)13-4-2-12(16)3-5-13/h2-5,8-9H,6-7,17H2,1H3. The fraction of sp³-hybridized carbons (Fsp3) is 0.200. The third-order valence-corrected chi connectivity index (χ3v) is 6.08. The molecule has 0 unspecified atom stereocenters. The van der Waals surface area contributed by atoms with Gasteiger partial charge >= 0.3 is 0 Å². The number of anilines is 2. The quantitative estimate of drug-likeness (QED) is 0.830. The Kier molecular flexibility index (Phi) is 3.45. The van der Waals surface area contributed by atoms with Gasteiger partial charge in [0.05, 0.1) is 10.6 Å². The number of rotatable bonds is 2. The van der Waals surface area contributed by atoms with E-state index in [2.05, 4.69) is 15.9 Å². The van der Waals surface area contributed by atoms with E-state index in [9.17, 15) is 8.42 Å². The molecule has 0 aliphatic carbocycles. The number of halogens is 1. The summed E-state index contributed by atoms with van der Waals surface area (Å²) in [4.78, 5) is 0.290. The van der Waals surface area contributed by atoms with E-state index in [4.69, 9.17) is 5.73 Å². The highest BCUT2D eigenvalue weighted by molar-refractivity contribution is 9.10. The van der Waals surface area contributed by atoms with Crippen LogP contribution in [0.3, 0.4) is 0 Å². The SMILES string of the molecule is Cc1cc2c(cc1N)N(S(=O)(=O)c1ccc(Br)cc1)CC2. The molecule has 6 heteroatoms. The molecule has 0 bridgehead atoms. The minimum Gasteiger partial charge on any atom is -0.398 e. The Balaban J connectivity index is 2.07. The number of nitrogens with two attached hydrogens (primary N) is 1. The summed E-state index contributed by atoms with van der Waals surface area (Å²) in [5.74, 6) is 0. The molecule has 4 nitrogen and oxygen atoms in total. The van der Waals surface area contributed by atoms with E-state index in [0.717, 1.165) is 15.6 Å². The molecule has 0 radical (unpaired) electrons. The predicted octanol–water partition coefficient (Wildman–Crippen LogP) is 3.09. The molecule has 1 heterocycles. The number of sulfonamides is 1. The first-order valence-electron chi connectivity index (χ1n) is 6.57. The Bertz CT molecular complexity index is 801. The zero-order valence-corrected chi connectivity index (χ0v) is 13.9. The second-order valence-electron chi connectivity index (χ2n) is 5.12. The van der Waals surface area contributed by atoms with Gasteiger partial charge in [0.15, 0.2) is 0 Å². The van der Waals surface area contributed by atoms with Crippen molar-refractivity contribution < 1.29 is 8.42 Å². The topological polar surface area (TPSA) is 63.4 Å². The molecule has 1 aliphatic heterocycles. The maximum absolute atomic E-state index is 12.8. The van der Waals surface area contributed by atoms with Crippen LogP contribution in [0.2, 0.25) is 0 Å². The largest absolute Gasteiger partial charge is 0.398 e. The van der Waals surface area contributed by atoms with E-state index in [1.807, 2.05) is 13.0 Å². The summed E-state index contributed by atoms with van der Waals surface area (Å²) in [6, 6.07) is 10.4. The first-order chi connectivity index (χ1) is 9.89. The van der Waals surface area contributed by atoms with Crippen molar-refractivity contribution in [1.82, 2.24) is 0 Å². The summed E-state index contributed by atoms with van der Waals surface area (Å²) < 4.78 is 27.8. The molecule has 0 saturated carbocycles. The highest BCUT2D eigenvalue weighted by atomic mass is 79.9. The van der Waals surface area contributed by atoms with Crippen LogP contribution in [0, 0.1) is 6.92 Å². The second kappa shape index (κ2) is 5.03. The van der Waals surface area contributed by atoms with Gasteiger partial charge in [-0.05, 0) is 54.8 Å². The molecule has 21 heavy (non-hydrogen) atoms. The fourth-order valence-electron chi connectivity index (χ4n) is 2.53. The highest BCUT2D eigenvalue weighted by Crippen LogP contribution is 2.35. The lowest BCUT2D eigenvalue weighted by Crippen LogP contribution is -2.29. The molecule has 0 amide bonds. The summed E-state index contributed by atoms with van der Waals surface area (Å²) in [7, 11) is -3.54. The van der Waals surface area contributed by atoms with Gasteiger partial charge < -0.3 is 5.73 Å². The number of nitrogens with zero attached hydrogens (tertiary/aromatic N) is 1. The van der Waals surface area contributed by atoms with Crippen molar-refractivity contribution in [3.8, 4) is 0 Å². The summed E-state index contributed by atoms with van der Waals surface area (Å²) in [5, 5.41) is 0. The Labute approximate surface area is 132 Å². The van der Waals surface area contributed by atoms with Gasteiger partial charge in [0.25, 0.3) is 10.0 Å². The average Bonchev–Trinajstić information content (AvgIpc) is 2.83. The van der Waals surface area contributed by atoms with Gasteiger partial charge in [0.2, 0.25) is 0 Å². The number of hydrogen-bond acceptors (Lipinski definition) is 3. The molecular formula is C15H15BrN2O2S. The van der Waals surface area contributed by atoms with Crippen molar-refractivity contribution in [2.24, 2.45) is 0 Å². The molecular weight excluding hydrogens is 352 g/mol. The zero-order valence-electron chi connectivity index (χ0n) is 11.5. The molecule has 0 aromatic heterocycles. The monoisotopic (exact) mass is 366 g/mol. The van der Waals surface area contributed by atoms with Crippen LogP contribution < -0.4 is 10.0 Å². The molecule has 3 rings (SSSR count). The van der Waals surface area contributed by atoms with Crippen LogP contribution in [-0.4, -0.2) is 15.0 Å². The van der Waals surface area contributed by atoms with Crippen molar-refractivity contribution in [2.75, 3.05) is 16.6 Å². The van der Waals surface area contributed by atoms with Gasteiger partial charge in [-0.3, -0.25) is 4.31 Å². The van der Waals surface area contributed by atoms with Gasteiger partial charge in [0, 0.05) is 16.7 Å². The van der Waals surface area contributed by atoms with Crippen LogP contribution >= 0.6 is 15.9 Å². The molecule has 2 aromatic rings. The summed E-state index contributed by atoms with van der Waals surface area (Å²) in [6.07, 6.45) is 0.714. The average molecular weight is 367 g/mol. The first-order valence-corrected chi connectivity index (χ1v) is 8.80. The van der Waals surface area contributed by atoms with Crippen LogP contribution in [0.15, 0.2) is 45.8 Å². The van der Waals surface area contributed by atoms with Gasteiger partial charge in [0.1, 0.15) is 0 Å². The minimum atomic E-state index is -3.54. The summed E-state index contributed by atoms with van der Waals surface area (Å²) in [5.41, 5.74) is 9.25. The Morgan fingerprint density at radius 2 is 1.86 bits per heavy atom. The number of aryl methyl sites for hydroxylation is 1. The number of benzene rings is 2. The van der Waals surface area contributed by atoms with Crippen LogP contribution in [0.5, 0.6) is 0 Å². The molecule has 0 atom stereocenters. The van der Waals surface area contributed by atoms with Gasteiger partial charge in [-0.1, -0.05) is 22.0 Å². The predicted molar refractivity (Wildman–Crippen MR) is 88.0 cm³/mol. The van der Waals surface area contributed by atoms with Crippen LogP contribution in [0.4, 0.5) is 11.4 Å². The number of fused-ring (bicyclic) bond motifs is 1. The third-order valence-electron chi connectivity index (χ3n) is 3.72. The molecule has 0 spiro atoms. The lowest BCUT2D eigenvalue weighted by atomic mass is 10.1. The highest BCUT2D eigenvalue weighted by Gasteiger charge is 2.31. The summed E-state index contributed by atoms with van der Waals surface area (Å²) in [6.45, 7) is 2.39. The van der Waals surface area contributed by atoms with Gasteiger partial charge in [-0.2, -0.15) is 0 Å². The lowest BCUT2D eigenvalue weighted by molar-refractivity contribution is 0.592. The number of nitrogen functional groups attached to an aromatic ring is 1. The van der Waals surface area contributed by atoms with E-state index in [0.29, 0.717) is 24.3 Å². The third kappa shape index (κ3) is 2.42. The van der Waals surface area contributed by atoms with Gasteiger partial charge in [-0.15, -0.1) is 0 Å². The van der Waals surface area contributed by atoms with Crippen molar-refractivity contribution in [1.29, 1.82) is 0 Å². The van der Waals surface area contributed by atoms with E-state index in [1.165, 1.54) is 4.31 Å². The maximum atomic E-state index is 12.8. The van der Waals surface area contributed by atoms with E-state index < -0.39 is 10.0 Å². The van der Waals surface area contributed by atoms with E-state index in [-0.39, 0.29) is 4.90 Å². The normalized spacial score (nSPS) is 14.3. The molecule has 110 valence electrons. The van der Waals surface area contributed by atoms with Crippen molar-refractivity contribution in [2.45, 2.75) is 18.2 Å². The lowest BCUT2D eigenvalue weighted by Gasteiger charge is -2.20.